The van der Waals surface area contributed by atoms with Gasteiger partial charge in [-0.3, -0.25) is 4.79 Å². The number of hydrogen-bond donors (Lipinski definition) is 0. The lowest BCUT2D eigenvalue weighted by Gasteiger charge is -2.33. The molecule has 1 saturated heterocycles. The highest BCUT2D eigenvalue weighted by Gasteiger charge is 2.36. The maximum atomic E-state index is 12.9. The molecule has 32 heavy (non-hydrogen) atoms. The Morgan fingerprint density at radius 3 is 2.72 bits per heavy atom. The summed E-state index contributed by atoms with van der Waals surface area (Å²) in [6.07, 6.45) is 1.10. The molecule has 0 N–H and O–H groups in total. The lowest BCUT2D eigenvalue weighted by molar-refractivity contribution is -0.138. The van der Waals surface area contributed by atoms with Crippen molar-refractivity contribution in [3.63, 3.8) is 0 Å². The van der Waals surface area contributed by atoms with Gasteiger partial charge in [0.05, 0.1) is 27.8 Å². The van der Waals surface area contributed by atoms with Crippen molar-refractivity contribution >= 4 is 44.8 Å². The summed E-state index contributed by atoms with van der Waals surface area (Å²) in [7, 11) is -3.13. The molecule has 3 rings (SSSR count). The zero-order valence-electron chi connectivity index (χ0n) is 18.4. The third-order valence-electron chi connectivity index (χ3n) is 5.43. The van der Waals surface area contributed by atoms with E-state index >= 15 is 0 Å². The van der Waals surface area contributed by atoms with Crippen molar-refractivity contribution < 1.29 is 22.7 Å². The Labute approximate surface area is 197 Å². The molecule has 7 nitrogen and oxygen atoms in total. The smallest absolute Gasteiger partial charge is 0.339 e. The fourth-order valence-corrected chi connectivity index (χ4v) is 7.03. The molecule has 1 aromatic carbocycles. The van der Waals surface area contributed by atoms with E-state index < -0.39 is 22.4 Å². The van der Waals surface area contributed by atoms with Gasteiger partial charge >= 0.3 is 5.97 Å². The van der Waals surface area contributed by atoms with E-state index in [0.29, 0.717) is 24.2 Å². The molecule has 0 aliphatic carbocycles. The molecule has 1 aliphatic rings. The standard InChI is InChI=1S/C22H28N2O5S3/c1-4-15(2)24(18-9-10-32(27,28)14-18)21(25)11-29-22(26)19-7-5-6-8-20(19)31-13-17-12-30-16(3)23-17/h5-8,12,15,18H,4,9-11,13-14H2,1-3H3/t15-,18-/m0/s1. The molecule has 1 aromatic heterocycles. The Morgan fingerprint density at radius 2 is 2.09 bits per heavy atom. The minimum Gasteiger partial charge on any atom is -0.452 e. The summed E-state index contributed by atoms with van der Waals surface area (Å²) in [4.78, 5) is 32.5. The number of nitrogens with zero attached hydrogens (tertiary/aromatic N) is 2. The molecule has 0 radical (unpaired) electrons. The van der Waals surface area contributed by atoms with Crippen LogP contribution in [0.3, 0.4) is 0 Å². The number of esters is 1. The molecule has 0 saturated carbocycles. The maximum Gasteiger partial charge on any atom is 0.339 e. The summed E-state index contributed by atoms with van der Waals surface area (Å²) >= 11 is 3.07. The Balaban J connectivity index is 1.64. The van der Waals surface area contributed by atoms with Crippen LogP contribution >= 0.6 is 23.1 Å². The second-order valence-electron chi connectivity index (χ2n) is 7.83. The van der Waals surface area contributed by atoms with E-state index in [4.69, 9.17) is 4.74 Å². The number of hydrogen-bond acceptors (Lipinski definition) is 8. The summed E-state index contributed by atoms with van der Waals surface area (Å²) in [5, 5.41) is 2.99. The van der Waals surface area contributed by atoms with Gasteiger partial charge in [0.15, 0.2) is 16.4 Å². The average Bonchev–Trinajstić information content (AvgIpc) is 3.35. The first-order valence-electron chi connectivity index (χ1n) is 10.5. The summed E-state index contributed by atoms with van der Waals surface area (Å²) in [5.41, 5.74) is 1.35. The zero-order chi connectivity index (χ0) is 23.3. The van der Waals surface area contributed by atoms with Gasteiger partial charge in [0.1, 0.15) is 0 Å². The number of thioether (sulfide) groups is 1. The minimum atomic E-state index is -3.13. The molecule has 10 heteroatoms. The number of sulfone groups is 1. The molecular weight excluding hydrogens is 468 g/mol. The number of rotatable bonds is 9. The van der Waals surface area contributed by atoms with Gasteiger partial charge in [-0.1, -0.05) is 19.1 Å². The third kappa shape index (κ3) is 6.32. The van der Waals surface area contributed by atoms with Gasteiger partial charge in [0, 0.05) is 28.1 Å². The molecule has 0 bridgehead atoms. The largest absolute Gasteiger partial charge is 0.452 e. The van der Waals surface area contributed by atoms with E-state index in [-0.39, 0.29) is 29.5 Å². The molecule has 2 heterocycles. The summed E-state index contributed by atoms with van der Waals surface area (Å²) in [6, 6.07) is 6.62. The van der Waals surface area contributed by atoms with E-state index in [1.165, 1.54) is 11.8 Å². The molecule has 0 unspecified atom stereocenters. The summed E-state index contributed by atoms with van der Waals surface area (Å²) < 4.78 is 29.2. The number of thiazole rings is 1. The molecule has 2 atom stereocenters. The highest BCUT2D eigenvalue weighted by Crippen LogP contribution is 2.27. The third-order valence-corrected chi connectivity index (χ3v) is 9.11. The first-order valence-corrected chi connectivity index (χ1v) is 14.2. The SMILES string of the molecule is CC[C@H](C)N(C(=O)COC(=O)c1ccccc1SCc1csc(C)n1)[C@H]1CCS(=O)(=O)C1. The van der Waals surface area contributed by atoms with Gasteiger partial charge in [-0.2, -0.15) is 0 Å². The average molecular weight is 497 g/mol. The van der Waals surface area contributed by atoms with Crippen molar-refractivity contribution in [2.75, 3.05) is 18.1 Å². The highest BCUT2D eigenvalue weighted by atomic mass is 32.2. The van der Waals surface area contributed by atoms with Crippen LogP contribution in [0.2, 0.25) is 0 Å². The molecule has 1 amide bonds. The van der Waals surface area contributed by atoms with Gasteiger partial charge in [-0.05, 0) is 38.8 Å². The minimum absolute atomic E-state index is 0.0351. The van der Waals surface area contributed by atoms with Crippen molar-refractivity contribution in [2.24, 2.45) is 0 Å². The van der Waals surface area contributed by atoms with Crippen molar-refractivity contribution in [2.45, 2.75) is 56.3 Å². The van der Waals surface area contributed by atoms with Crippen LogP contribution in [0.4, 0.5) is 0 Å². The van der Waals surface area contributed by atoms with Gasteiger partial charge in [0.25, 0.3) is 5.91 Å². The van der Waals surface area contributed by atoms with E-state index in [1.54, 1.807) is 28.4 Å². The summed E-state index contributed by atoms with van der Waals surface area (Å²) in [5.74, 6) is -0.254. The Kier molecular flexibility index (Phi) is 8.35. The number of aryl methyl sites for hydroxylation is 1. The maximum absolute atomic E-state index is 12.9. The van der Waals surface area contributed by atoms with Crippen LogP contribution in [-0.2, 0) is 25.1 Å². The topological polar surface area (TPSA) is 93.6 Å². The van der Waals surface area contributed by atoms with Crippen LogP contribution in [0, 0.1) is 6.92 Å². The lowest BCUT2D eigenvalue weighted by Crippen LogP contribution is -2.48. The predicted octanol–water partition coefficient (Wildman–Crippen LogP) is 3.71. The molecule has 1 aliphatic heterocycles. The van der Waals surface area contributed by atoms with Gasteiger partial charge in [0.2, 0.25) is 0 Å². The van der Waals surface area contributed by atoms with E-state index in [1.807, 2.05) is 38.3 Å². The highest BCUT2D eigenvalue weighted by molar-refractivity contribution is 7.98. The van der Waals surface area contributed by atoms with Crippen LogP contribution in [0.1, 0.15) is 47.7 Å². The fraction of sp³-hybridized carbons (Fsp3) is 0.500. The van der Waals surface area contributed by atoms with Crippen molar-refractivity contribution in [1.29, 1.82) is 0 Å². The second-order valence-corrected chi connectivity index (χ2v) is 12.1. The second kappa shape index (κ2) is 10.8. The number of carbonyl (C=O) groups is 2. The van der Waals surface area contributed by atoms with Gasteiger partial charge < -0.3 is 9.64 Å². The number of ether oxygens (including phenoxy) is 1. The van der Waals surface area contributed by atoms with Crippen LogP contribution in [0.5, 0.6) is 0 Å². The van der Waals surface area contributed by atoms with Crippen LogP contribution in [0.25, 0.3) is 0 Å². The molecule has 174 valence electrons. The first-order chi connectivity index (χ1) is 15.2. The number of aromatic nitrogens is 1. The molecule has 0 spiro atoms. The zero-order valence-corrected chi connectivity index (χ0v) is 20.9. The fourth-order valence-electron chi connectivity index (χ4n) is 3.67. The Morgan fingerprint density at radius 1 is 1.34 bits per heavy atom. The molecule has 1 fully saturated rings. The number of amides is 1. The molecule has 2 aromatic rings. The van der Waals surface area contributed by atoms with Crippen molar-refractivity contribution in [1.82, 2.24) is 9.88 Å². The van der Waals surface area contributed by atoms with Crippen LogP contribution in [-0.4, -0.2) is 60.4 Å². The Hall–Kier alpha value is -1.91. The van der Waals surface area contributed by atoms with Crippen LogP contribution < -0.4 is 0 Å². The van der Waals surface area contributed by atoms with E-state index in [9.17, 15) is 18.0 Å². The van der Waals surface area contributed by atoms with E-state index in [2.05, 4.69) is 4.98 Å². The van der Waals surface area contributed by atoms with Gasteiger partial charge in [-0.15, -0.1) is 23.1 Å². The predicted molar refractivity (Wildman–Crippen MR) is 127 cm³/mol. The quantitative estimate of drug-likeness (QED) is 0.386. The normalized spacial score (nSPS) is 18.3. The monoisotopic (exact) mass is 496 g/mol. The van der Waals surface area contributed by atoms with Crippen molar-refractivity contribution in [3.8, 4) is 0 Å². The summed E-state index contributed by atoms with van der Waals surface area (Å²) in [6.45, 7) is 5.36. The van der Waals surface area contributed by atoms with Crippen LogP contribution in [0.15, 0.2) is 34.5 Å². The number of benzene rings is 1. The first kappa shape index (κ1) is 24.7. The van der Waals surface area contributed by atoms with Gasteiger partial charge in [-0.25, -0.2) is 18.2 Å². The Bertz CT molecular complexity index is 1070. The molecular formula is C22H28N2O5S3. The lowest BCUT2D eigenvalue weighted by atomic mass is 10.1. The number of carbonyl (C=O) groups excluding carboxylic acids is 2. The van der Waals surface area contributed by atoms with Crippen molar-refractivity contribution in [3.05, 3.63) is 45.9 Å². The van der Waals surface area contributed by atoms with E-state index in [0.717, 1.165) is 15.6 Å².